The van der Waals surface area contributed by atoms with Gasteiger partial charge < -0.3 is 10.4 Å². The first-order valence-corrected chi connectivity index (χ1v) is 7.61. The minimum Gasteiger partial charge on any atom is -0.396 e. The monoisotopic (exact) mass is 260 g/mol. The average molecular weight is 260 g/mol. The molecule has 1 heterocycles. The molecule has 0 aliphatic carbocycles. The first kappa shape index (κ1) is 14.0. The molecule has 0 bridgehead atoms. The Hall–Kier alpha value is -0.100. The van der Waals surface area contributed by atoms with Gasteiger partial charge in [0.25, 0.3) is 0 Å². The number of nitrogens with zero attached hydrogens (tertiary/aromatic N) is 1. The van der Waals surface area contributed by atoms with Crippen LogP contribution in [0.15, 0.2) is 5.38 Å². The molecule has 0 aliphatic rings. The number of thiazole rings is 1. The Labute approximate surface area is 106 Å². The van der Waals surface area contributed by atoms with Crippen molar-refractivity contribution in [1.82, 2.24) is 10.3 Å². The summed E-state index contributed by atoms with van der Waals surface area (Å²) >= 11 is 3.58. The molecule has 0 radical (unpaired) electrons. The predicted octanol–water partition coefficient (Wildman–Crippen LogP) is 2.22. The number of hydrogen-bond donors (Lipinski definition) is 2. The van der Waals surface area contributed by atoms with Gasteiger partial charge in [0, 0.05) is 30.3 Å². The number of aliphatic hydroxyl groups is 1. The van der Waals surface area contributed by atoms with Gasteiger partial charge in [-0.05, 0) is 26.0 Å². The molecule has 1 aromatic rings. The second-order valence-electron chi connectivity index (χ2n) is 3.66. The fourth-order valence-electron chi connectivity index (χ4n) is 1.30. The third kappa shape index (κ3) is 5.30. The molecule has 0 spiro atoms. The zero-order valence-electron chi connectivity index (χ0n) is 9.90. The first-order chi connectivity index (χ1) is 7.74. The third-order valence-corrected chi connectivity index (χ3v) is 4.09. The highest BCUT2D eigenvalue weighted by Gasteiger charge is 2.07. The summed E-state index contributed by atoms with van der Waals surface area (Å²) in [5.41, 5.74) is 1.14. The molecule has 1 unspecified atom stereocenters. The van der Waals surface area contributed by atoms with Crippen LogP contribution >= 0.6 is 23.1 Å². The van der Waals surface area contributed by atoms with Crippen LogP contribution < -0.4 is 5.32 Å². The van der Waals surface area contributed by atoms with E-state index < -0.39 is 0 Å². The third-order valence-electron chi connectivity index (χ3n) is 2.22. The van der Waals surface area contributed by atoms with Crippen molar-refractivity contribution >= 4 is 23.1 Å². The topological polar surface area (TPSA) is 45.2 Å². The summed E-state index contributed by atoms with van der Waals surface area (Å²) in [6.45, 7) is 5.47. The van der Waals surface area contributed by atoms with Gasteiger partial charge >= 0.3 is 0 Å². The van der Waals surface area contributed by atoms with Crippen molar-refractivity contribution in [2.75, 3.05) is 24.7 Å². The van der Waals surface area contributed by atoms with E-state index in [1.807, 2.05) is 18.7 Å². The van der Waals surface area contributed by atoms with Crippen LogP contribution in [0, 0.1) is 6.92 Å². The van der Waals surface area contributed by atoms with Gasteiger partial charge in [-0.2, -0.15) is 11.8 Å². The fraction of sp³-hybridized carbons (Fsp3) is 0.727. The van der Waals surface area contributed by atoms with E-state index in [0.717, 1.165) is 35.2 Å². The normalized spacial score (nSPS) is 12.9. The summed E-state index contributed by atoms with van der Waals surface area (Å²) < 4.78 is 0. The molecule has 0 aromatic carbocycles. The van der Waals surface area contributed by atoms with Crippen LogP contribution in [0.1, 0.15) is 30.1 Å². The summed E-state index contributed by atoms with van der Waals surface area (Å²) in [6.07, 6.45) is 0.894. The fourth-order valence-corrected chi connectivity index (χ4v) is 2.81. The SMILES string of the molecule is Cc1nc(C(C)NCCSCCCO)cs1. The molecule has 92 valence electrons. The van der Waals surface area contributed by atoms with Gasteiger partial charge in [0.2, 0.25) is 0 Å². The molecule has 0 fully saturated rings. The zero-order valence-corrected chi connectivity index (χ0v) is 11.5. The number of rotatable bonds is 8. The van der Waals surface area contributed by atoms with Gasteiger partial charge in [-0.3, -0.25) is 0 Å². The van der Waals surface area contributed by atoms with Crippen LogP contribution in [-0.2, 0) is 0 Å². The summed E-state index contributed by atoms with van der Waals surface area (Å²) in [7, 11) is 0. The number of hydrogen-bond acceptors (Lipinski definition) is 5. The maximum atomic E-state index is 8.63. The molecule has 0 aliphatic heterocycles. The van der Waals surface area contributed by atoms with Gasteiger partial charge in [-0.15, -0.1) is 11.3 Å². The maximum Gasteiger partial charge on any atom is 0.0898 e. The van der Waals surface area contributed by atoms with Gasteiger partial charge in [0.1, 0.15) is 0 Å². The lowest BCUT2D eigenvalue weighted by atomic mass is 10.2. The van der Waals surface area contributed by atoms with Crippen LogP contribution in [0.2, 0.25) is 0 Å². The quantitative estimate of drug-likeness (QED) is 0.704. The van der Waals surface area contributed by atoms with Gasteiger partial charge in [-0.1, -0.05) is 0 Å². The Morgan fingerprint density at radius 2 is 2.38 bits per heavy atom. The second kappa shape index (κ2) is 8.06. The molecule has 0 amide bonds. The van der Waals surface area contributed by atoms with Gasteiger partial charge in [0.15, 0.2) is 0 Å². The van der Waals surface area contributed by atoms with Crippen molar-refractivity contribution in [1.29, 1.82) is 0 Å². The van der Waals surface area contributed by atoms with E-state index in [1.54, 1.807) is 11.3 Å². The molecular formula is C11H20N2OS2. The molecule has 1 aromatic heterocycles. The van der Waals surface area contributed by atoms with E-state index in [1.165, 1.54) is 0 Å². The van der Waals surface area contributed by atoms with Crippen LogP contribution in [0.25, 0.3) is 0 Å². The first-order valence-electron chi connectivity index (χ1n) is 5.58. The van der Waals surface area contributed by atoms with E-state index in [0.29, 0.717) is 12.6 Å². The van der Waals surface area contributed by atoms with E-state index in [9.17, 15) is 0 Å². The number of aliphatic hydroxyl groups excluding tert-OH is 1. The van der Waals surface area contributed by atoms with Crippen molar-refractivity contribution < 1.29 is 5.11 Å². The highest BCUT2D eigenvalue weighted by atomic mass is 32.2. The molecule has 1 atom stereocenters. The van der Waals surface area contributed by atoms with E-state index >= 15 is 0 Å². The van der Waals surface area contributed by atoms with E-state index in [4.69, 9.17) is 5.11 Å². The lowest BCUT2D eigenvalue weighted by Crippen LogP contribution is -2.21. The molecule has 0 saturated heterocycles. The summed E-state index contributed by atoms with van der Waals surface area (Å²) in [6, 6.07) is 0.336. The van der Waals surface area contributed by atoms with Crippen molar-refractivity contribution in [3.8, 4) is 0 Å². The summed E-state index contributed by atoms with van der Waals surface area (Å²) in [5, 5.41) is 15.3. The molecular weight excluding hydrogens is 240 g/mol. The van der Waals surface area contributed by atoms with Crippen LogP contribution in [0.4, 0.5) is 0 Å². The Morgan fingerprint density at radius 1 is 1.56 bits per heavy atom. The smallest absolute Gasteiger partial charge is 0.0898 e. The number of thioether (sulfide) groups is 1. The predicted molar refractivity (Wildman–Crippen MR) is 72.3 cm³/mol. The second-order valence-corrected chi connectivity index (χ2v) is 5.94. The number of aryl methyl sites for hydroxylation is 1. The maximum absolute atomic E-state index is 8.63. The Bertz CT molecular complexity index is 291. The molecule has 1 rings (SSSR count). The lowest BCUT2D eigenvalue weighted by molar-refractivity contribution is 0.296. The van der Waals surface area contributed by atoms with Crippen molar-refractivity contribution in [2.24, 2.45) is 0 Å². The van der Waals surface area contributed by atoms with Crippen molar-refractivity contribution in [3.05, 3.63) is 16.1 Å². The van der Waals surface area contributed by atoms with Crippen LogP contribution in [0.5, 0.6) is 0 Å². The zero-order chi connectivity index (χ0) is 11.8. The molecule has 0 saturated carbocycles. The Morgan fingerprint density at radius 3 is 3.00 bits per heavy atom. The Balaban J connectivity index is 2.09. The number of nitrogens with one attached hydrogen (secondary N) is 1. The van der Waals surface area contributed by atoms with Crippen LogP contribution in [-0.4, -0.2) is 34.7 Å². The highest BCUT2D eigenvalue weighted by Crippen LogP contribution is 2.15. The molecule has 5 heteroatoms. The van der Waals surface area contributed by atoms with Gasteiger partial charge in [0.05, 0.1) is 10.7 Å². The van der Waals surface area contributed by atoms with Crippen molar-refractivity contribution in [2.45, 2.75) is 26.3 Å². The van der Waals surface area contributed by atoms with E-state index in [2.05, 4.69) is 22.6 Å². The number of aromatic nitrogens is 1. The summed E-state index contributed by atoms with van der Waals surface area (Å²) in [5.74, 6) is 2.13. The van der Waals surface area contributed by atoms with Crippen molar-refractivity contribution in [3.63, 3.8) is 0 Å². The standard InChI is InChI=1S/C11H20N2OS2/c1-9(11-8-16-10(2)13-11)12-4-7-15-6-3-5-14/h8-9,12,14H,3-7H2,1-2H3. The Kier molecular flexibility index (Phi) is 7.03. The minimum absolute atomic E-state index is 0.301. The molecule has 16 heavy (non-hydrogen) atoms. The lowest BCUT2D eigenvalue weighted by Gasteiger charge is -2.10. The molecule has 3 nitrogen and oxygen atoms in total. The summed E-state index contributed by atoms with van der Waals surface area (Å²) in [4.78, 5) is 4.46. The largest absolute Gasteiger partial charge is 0.396 e. The highest BCUT2D eigenvalue weighted by molar-refractivity contribution is 7.99. The molecule has 2 N–H and O–H groups in total. The minimum atomic E-state index is 0.301. The van der Waals surface area contributed by atoms with Gasteiger partial charge in [-0.25, -0.2) is 4.98 Å². The average Bonchev–Trinajstić information content (AvgIpc) is 2.70. The van der Waals surface area contributed by atoms with Crippen LogP contribution in [0.3, 0.4) is 0 Å². The van der Waals surface area contributed by atoms with E-state index in [-0.39, 0.29) is 0 Å².